The summed E-state index contributed by atoms with van der Waals surface area (Å²) in [4.78, 5) is 5.18. The minimum Gasteiger partial charge on any atom is -0.313 e. The van der Waals surface area contributed by atoms with Gasteiger partial charge in [0.05, 0.1) is 0 Å². The molecule has 1 aliphatic heterocycles. The first-order valence-electron chi connectivity index (χ1n) is 7.14. The predicted octanol–water partition coefficient (Wildman–Crippen LogP) is 1.79. The van der Waals surface area contributed by atoms with Gasteiger partial charge in [-0.15, -0.1) is 0 Å². The van der Waals surface area contributed by atoms with Gasteiger partial charge in [-0.3, -0.25) is 9.80 Å². The zero-order chi connectivity index (χ0) is 12.9. The van der Waals surface area contributed by atoms with Crippen molar-refractivity contribution in [1.29, 1.82) is 0 Å². The van der Waals surface area contributed by atoms with E-state index in [9.17, 15) is 0 Å². The molecule has 1 heterocycles. The first-order chi connectivity index (χ1) is 7.93. The standard InChI is InChI=1S/C14H31N3/c1-6-7-15-13(2)12-16-8-10-17(11-9-16)14(3,4)5/h13,15H,6-12H2,1-5H3. The molecule has 3 nitrogen and oxygen atoms in total. The molecule has 1 fully saturated rings. The van der Waals surface area contributed by atoms with Crippen molar-refractivity contribution >= 4 is 0 Å². The minimum absolute atomic E-state index is 0.332. The highest BCUT2D eigenvalue weighted by atomic mass is 15.3. The molecule has 0 spiro atoms. The Labute approximate surface area is 108 Å². The third-order valence-electron chi connectivity index (χ3n) is 3.60. The molecule has 102 valence electrons. The predicted molar refractivity (Wildman–Crippen MR) is 75.5 cm³/mol. The molecular formula is C14H31N3. The summed E-state index contributed by atoms with van der Waals surface area (Å²) in [6, 6.07) is 0.621. The van der Waals surface area contributed by atoms with Crippen LogP contribution in [0.2, 0.25) is 0 Å². The Kier molecular flexibility index (Phi) is 5.90. The van der Waals surface area contributed by atoms with Crippen LogP contribution in [-0.2, 0) is 0 Å². The van der Waals surface area contributed by atoms with Crippen LogP contribution in [0, 0.1) is 0 Å². The average molecular weight is 241 g/mol. The van der Waals surface area contributed by atoms with Crippen LogP contribution in [0.25, 0.3) is 0 Å². The zero-order valence-corrected chi connectivity index (χ0v) is 12.4. The summed E-state index contributed by atoms with van der Waals surface area (Å²) in [5.41, 5.74) is 0.332. The molecule has 0 aromatic carbocycles. The van der Waals surface area contributed by atoms with Gasteiger partial charge in [0, 0.05) is 44.3 Å². The van der Waals surface area contributed by atoms with Crippen LogP contribution in [0.1, 0.15) is 41.0 Å². The van der Waals surface area contributed by atoms with Crippen molar-refractivity contribution in [3.63, 3.8) is 0 Å². The Morgan fingerprint density at radius 3 is 2.18 bits per heavy atom. The van der Waals surface area contributed by atoms with Gasteiger partial charge in [0.1, 0.15) is 0 Å². The fourth-order valence-corrected chi connectivity index (χ4v) is 2.44. The molecular weight excluding hydrogens is 210 g/mol. The molecule has 0 aliphatic carbocycles. The molecule has 0 bridgehead atoms. The maximum absolute atomic E-state index is 3.57. The molecule has 1 saturated heterocycles. The van der Waals surface area contributed by atoms with Gasteiger partial charge in [-0.05, 0) is 40.7 Å². The van der Waals surface area contributed by atoms with Gasteiger partial charge in [0.15, 0.2) is 0 Å². The summed E-state index contributed by atoms with van der Waals surface area (Å²) in [5, 5.41) is 3.57. The molecule has 0 radical (unpaired) electrons. The summed E-state index contributed by atoms with van der Waals surface area (Å²) in [7, 11) is 0. The monoisotopic (exact) mass is 241 g/mol. The van der Waals surface area contributed by atoms with E-state index in [2.05, 4.69) is 49.7 Å². The van der Waals surface area contributed by atoms with Crippen molar-refractivity contribution in [3.8, 4) is 0 Å². The maximum Gasteiger partial charge on any atom is 0.0166 e. The van der Waals surface area contributed by atoms with Gasteiger partial charge in [-0.2, -0.15) is 0 Å². The first-order valence-corrected chi connectivity index (χ1v) is 7.14. The second-order valence-electron chi connectivity index (χ2n) is 6.31. The maximum atomic E-state index is 3.57. The summed E-state index contributed by atoms with van der Waals surface area (Å²) < 4.78 is 0. The molecule has 1 N–H and O–H groups in total. The Morgan fingerprint density at radius 2 is 1.71 bits per heavy atom. The number of rotatable bonds is 5. The van der Waals surface area contributed by atoms with Crippen molar-refractivity contribution in [3.05, 3.63) is 0 Å². The lowest BCUT2D eigenvalue weighted by molar-refractivity contribution is 0.0589. The molecule has 1 aliphatic rings. The molecule has 0 aromatic rings. The number of nitrogens with one attached hydrogen (secondary N) is 1. The summed E-state index contributed by atoms with van der Waals surface area (Å²) in [5.74, 6) is 0. The van der Waals surface area contributed by atoms with Gasteiger partial charge in [0.2, 0.25) is 0 Å². The molecule has 0 aromatic heterocycles. The van der Waals surface area contributed by atoms with E-state index in [1.807, 2.05) is 0 Å². The van der Waals surface area contributed by atoms with Crippen LogP contribution in [0.5, 0.6) is 0 Å². The normalized spacial score (nSPS) is 21.7. The molecule has 1 unspecified atom stereocenters. The quantitative estimate of drug-likeness (QED) is 0.792. The third-order valence-corrected chi connectivity index (χ3v) is 3.60. The number of nitrogens with zero attached hydrogens (tertiary/aromatic N) is 2. The Bertz CT molecular complexity index is 202. The van der Waals surface area contributed by atoms with Crippen molar-refractivity contribution in [2.45, 2.75) is 52.6 Å². The van der Waals surface area contributed by atoms with E-state index < -0.39 is 0 Å². The highest BCUT2D eigenvalue weighted by Gasteiger charge is 2.25. The lowest BCUT2D eigenvalue weighted by Gasteiger charge is -2.42. The van der Waals surface area contributed by atoms with Crippen LogP contribution in [0.15, 0.2) is 0 Å². The molecule has 1 rings (SSSR count). The van der Waals surface area contributed by atoms with E-state index in [-0.39, 0.29) is 0 Å². The fraction of sp³-hybridized carbons (Fsp3) is 1.00. The SMILES string of the molecule is CCCNC(C)CN1CCN(C(C)(C)C)CC1. The third kappa shape index (κ3) is 5.36. The highest BCUT2D eigenvalue weighted by molar-refractivity contribution is 4.82. The second kappa shape index (κ2) is 6.72. The summed E-state index contributed by atoms with van der Waals surface area (Å²) in [6.07, 6.45) is 1.22. The molecule has 0 amide bonds. The van der Waals surface area contributed by atoms with Crippen molar-refractivity contribution in [2.75, 3.05) is 39.3 Å². The second-order valence-corrected chi connectivity index (χ2v) is 6.31. The van der Waals surface area contributed by atoms with Crippen LogP contribution < -0.4 is 5.32 Å². The van der Waals surface area contributed by atoms with Crippen LogP contribution in [0.4, 0.5) is 0 Å². The van der Waals surface area contributed by atoms with Crippen molar-refractivity contribution < 1.29 is 0 Å². The van der Waals surface area contributed by atoms with Gasteiger partial charge >= 0.3 is 0 Å². The van der Waals surface area contributed by atoms with Crippen molar-refractivity contribution in [2.24, 2.45) is 0 Å². The zero-order valence-electron chi connectivity index (χ0n) is 12.4. The van der Waals surface area contributed by atoms with Gasteiger partial charge in [0.25, 0.3) is 0 Å². The fourth-order valence-electron chi connectivity index (χ4n) is 2.44. The smallest absolute Gasteiger partial charge is 0.0166 e. The Morgan fingerprint density at radius 1 is 1.12 bits per heavy atom. The van der Waals surface area contributed by atoms with Crippen molar-refractivity contribution in [1.82, 2.24) is 15.1 Å². The van der Waals surface area contributed by atoms with E-state index in [0.717, 1.165) is 6.54 Å². The van der Waals surface area contributed by atoms with E-state index >= 15 is 0 Å². The van der Waals surface area contributed by atoms with Crippen LogP contribution >= 0.6 is 0 Å². The molecule has 1 atom stereocenters. The Balaban J connectivity index is 2.23. The largest absolute Gasteiger partial charge is 0.313 e. The highest BCUT2D eigenvalue weighted by Crippen LogP contribution is 2.15. The van der Waals surface area contributed by atoms with Gasteiger partial charge in [-0.25, -0.2) is 0 Å². The van der Waals surface area contributed by atoms with E-state index in [1.165, 1.54) is 39.1 Å². The average Bonchev–Trinajstić information content (AvgIpc) is 2.26. The molecule has 17 heavy (non-hydrogen) atoms. The molecule has 3 heteroatoms. The molecule has 0 saturated carbocycles. The lowest BCUT2D eigenvalue weighted by atomic mass is 10.0. The number of hydrogen-bond acceptors (Lipinski definition) is 3. The van der Waals surface area contributed by atoms with E-state index in [1.54, 1.807) is 0 Å². The number of hydrogen-bond donors (Lipinski definition) is 1. The summed E-state index contributed by atoms with van der Waals surface area (Å²) in [6.45, 7) is 18.7. The summed E-state index contributed by atoms with van der Waals surface area (Å²) >= 11 is 0. The van der Waals surface area contributed by atoms with Gasteiger partial charge in [-0.1, -0.05) is 6.92 Å². The lowest BCUT2D eigenvalue weighted by Crippen LogP contribution is -2.55. The van der Waals surface area contributed by atoms with E-state index in [0.29, 0.717) is 11.6 Å². The van der Waals surface area contributed by atoms with E-state index in [4.69, 9.17) is 0 Å². The van der Waals surface area contributed by atoms with Gasteiger partial charge < -0.3 is 5.32 Å². The van der Waals surface area contributed by atoms with Crippen LogP contribution in [0.3, 0.4) is 0 Å². The number of piperazine rings is 1. The minimum atomic E-state index is 0.332. The topological polar surface area (TPSA) is 18.5 Å². The first kappa shape index (κ1) is 14.9. The van der Waals surface area contributed by atoms with Crippen LogP contribution in [-0.4, -0.2) is 60.6 Å². The Hall–Kier alpha value is -0.120.